The molecule has 3 nitrogen and oxygen atoms in total. The zero-order valence-electron chi connectivity index (χ0n) is 9.65. The number of phenolic OH excluding ortho intramolecular Hbond substituents is 1. The zero-order chi connectivity index (χ0) is 12.1. The molecule has 0 aliphatic carbocycles. The molecular weight excluding hydrogens is 305 g/mol. The first-order valence-electron chi connectivity index (χ1n) is 5.11. The Morgan fingerprint density at radius 3 is 2.76 bits per heavy atom. The van der Waals surface area contributed by atoms with Gasteiger partial charge in [-0.15, -0.1) is 19.0 Å². The molecule has 0 radical (unpaired) electrons. The van der Waals surface area contributed by atoms with Crippen LogP contribution in [-0.2, 0) is 0 Å². The fourth-order valence-corrected chi connectivity index (χ4v) is 1.85. The number of hydrogen-bond donors (Lipinski definition) is 2. The molecule has 0 saturated carbocycles. The second-order valence-electron chi connectivity index (χ2n) is 3.41. The highest BCUT2D eigenvalue weighted by Crippen LogP contribution is 2.37. The van der Waals surface area contributed by atoms with Gasteiger partial charge in [0, 0.05) is 6.04 Å². The van der Waals surface area contributed by atoms with E-state index in [2.05, 4.69) is 22.5 Å². The van der Waals surface area contributed by atoms with E-state index in [0.717, 1.165) is 5.56 Å². The van der Waals surface area contributed by atoms with Gasteiger partial charge in [-0.05, 0) is 47.0 Å². The highest BCUT2D eigenvalue weighted by Gasteiger charge is 2.12. The van der Waals surface area contributed by atoms with Gasteiger partial charge >= 0.3 is 0 Å². The lowest BCUT2D eigenvalue weighted by molar-refractivity contribution is 0.316. The summed E-state index contributed by atoms with van der Waals surface area (Å²) in [6.45, 7) is 6.02. The molecular formula is C12H17BrClNO2. The van der Waals surface area contributed by atoms with E-state index >= 15 is 0 Å². The SMILES string of the molecule is C=CC[C@@H](N)c1cc(Br)c(O)c(OCC)c1.Cl. The number of benzene rings is 1. The third kappa shape index (κ3) is 4.22. The van der Waals surface area contributed by atoms with Crippen LogP contribution in [0, 0.1) is 0 Å². The molecule has 1 aromatic rings. The van der Waals surface area contributed by atoms with E-state index in [9.17, 15) is 5.11 Å². The maximum absolute atomic E-state index is 9.73. The van der Waals surface area contributed by atoms with Gasteiger partial charge in [-0.2, -0.15) is 0 Å². The second kappa shape index (κ2) is 7.58. The van der Waals surface area contributed by atoms with E-state index in [1.54, 1.807) is 18.2 Å². The Bertz CT molecular complexity index is 385. The lowest BCUT2D eigenvalue weighted by Gasteiger charge is -2.14. The van der Waals surface area contributed by atoms with Crippen LogP contribution in [-0.4, -0.2) is 11.7 Å². The molecule has 0 unspecified atom stereocenters. The summed E-state index contributed by atoms with van der Waals surface area (Å²) in [6.07, 6.45) is 2.45. The Morgan fingerprint density at radius 1 is 1.59 bits per heavy atom. The molecule has 0 amide bonds. The largest absolute Gasteiger partial charge is 0.503 e. The van der Waals surface area contributed by atoms with Gasteiger partial charge in [0.05, 0.1) is 11.1 Å². The molecule has 0 spiro atoms. The maximum Gasteiger partial charge on any atom is 0.172 e. The van der Waals surface area contributed by atoms with Crippen molar-refractivity contribution in [2.45, 2.75) is 19.4 Å². The molecule has 1 aromatic carbocycles. The molecule has 3 N–H and O–H groups in total. The quantitative estimate of drug-likeness (QED) is 0.815. The summed E-state index contributed by atoms with van der Waals surface area (Å²) in [5, 5.41) is 9.73. The highest BCUT2D eigenvalue weighted by atomic mass is 79.9. The smallest absolute Gasteiger partial charge is 0.172 e. The lowest BCUT2D eigenvalue weighted by atomic mass is 10.0. The summed E-state index contributed by atoms with van der Waals surface area (Å²) in [7, 11) is 0. The fourth-order valence-electron chi connectivity index (χ4n) is 1.39. The second-order valence-corrected chi connectivity index (χ2v) is 4.27. The summed E-state index contributed by atoms with van der Waals surface area (Å²) in [6, 6.07) is 3.43. The molecule has 0 heterocycles. The molecule has 0 saturated heterocycles. The van der Waals surface area contributed by atoms with Gasteiger partial charge in [-0.3, -0.25) is 0 Å². The molecule has 0 fully saturated rings. The zero-order valence-corrected chi connectivity index (χ0v) is 12.1. The predicted octanol–water partition coefficient (Wildman–Crippen LogP) is 3.55. The number of rotatable bonds is 5. The first-order chi connectivity index (χ1) is 7.60. The van der Waals surface area contributed by atoms with Crippen LogP contribution < -0.4 is 10.5 Å². The van der Waals surface area contributed by atoms with Crippen molar-refractivity contribution in [3.63, 3.8) is 0 Å². The van der Waals surface area contributed by atoms with E-state index in [4.69, 9.17) is 10.5 Å². The molecule has 96 valence electrons. The van der Waals surface area contributed by atoms with Crippen LogP contribution in [0.15, 0.2) is 29.3 Å². The van der Waals surface area contributed by atoms with Gasteiger partial charge in [0.2, 0.25) is 0 Å². The number of phenols is 1. The Labute approximate surface area is 116 Å². The van der Waals surface area contributed by atoms with Gasteiger partial charge in [-0.25, -0.2) is 0 Å². The number of nitrogens with two attached hydrogens (primary N) is 1. The first-order valence-corrected chi connectivity index (χ1v) is 5.91. The molecule has 0 aliphatic heterocycles. The van der Waals surface area contributed by atoms with Crippen LogP contribution in [0.5, 0.6) is 11.5 Å². The third-order valence-electron chi connectivity index (χ3n) is 2.20. The van der Waals surface area contributed by atoms with E-state index in [0.29, 0.717) is 23.2 Å². The van der Waals surface area contributed by atoms with Crippen molar-refractivity contribution in [2.24, 2.45) is 5.73 Å². The molecule has 0 aliphatic rings. The average molecular weight is 323 g/mol. The van der Waals surface area contributed by atoms with Crippen molar-refractivity contribution in [3.05, 3.63) is 34.8 Å². The van der Waals surface area contributed by atoms with Crippen molar-refractivity contribution < 1.29 is 9.84 Å². The number of hydrogen-bond acceptors (Lipinski definition) is 3. The summed E-state index contributed by atoms with van der Waals surface area (Å²) in [5.74, 6) is 0.558. The van der Waals surface area contributed by atoms with Crippen molar-refractivity contribution in [2.75, 3.05) is 6.61 Å². The molecule has 1 atom stereocenters. The standard InChI is InChI=1S/C12H16BrNO2.ClH/c1-3-5-10(14)8-6-9(13)12(15)11(7-8)16-4-2;/h3,6-7,10,15H,1,4-5,14H2,2H3;1H/t10-;/m1./s1. The maximum atomic E-state index is 9.73. The van der Waals surface area contributed by atoms with Crippen molar-refractivity contribution in [3.8, 4) is 11.5 Å². The minimum Gasteiger partial charge on any atom is -0.503 e. The number of ether oxygens (including phenoxy) is 1. The highest BCUT2D eigenvalue weighted by molar-refractivity contribution is 9.10. The Kier molecular flexibility index (Phi) is 7.27. The van der Waals surface area contributed by atoms with E-state index in [1.807, 2.05) is 6.92 Å². The summed E-state index contributed by atoms with van der Waals surface area (Å²) >= 11 is 3.27. The predicted molar refractivity (Wildman–Crippen MR) is 76.0 cm³/mol. The summed E-state index contributed by atoms with van der Waals surface area (Å²) in [4.78, 5) is 0. The number of aromatic hydroxyl groups is 1. The fraction of sp³-hybridized carbons (Fsp3) is 0.333. The molecule has 0 bridgehead atoms. The van der Waals surface area contributed by atoms with Crippen LogP contribution in [0.25, 0.3) is 0 Å². The van der Waals surface area contributed by atoms with Crippen LogP contribution in [0.1, 0.15) is 24.9 Å². The molecule has 17 heavy (non-hydrogen) atoms. The monoisotopic (exact) mass is 321 g/mol. The van der Waals surface area contributed by atoms with Crippen LogP contribution in [0.4, 0.5) is 0 Å². The van der Waals surface area contributed by atoms with Crippen LogP contribution in [0.2, 0.25) is 0 Å². The summed E-state index contributed by atoms with van der Waals surface area (Å²) in [5.41, 5.74) is 6.87. The lowest BCUT2D eigenvalue weighted by Crippen LogP contribution is -2.09. The van der Waals surface area contributed by atoms with E-state index in [-0.39, 0.29) is 24.2 Å². The van der Waals surface area contributed by atoms with Gasteiger partial charge in [0.25, 0.3) is 0 Å². The molecule has 0 aromatic heterocycles. The Hall–Kier alpha value is -0.710. The molecule has 1 rings (SSSR count). The van der Waals surface area contributed by atoms with Crippen molar-refractivity contribution in [1.82, 2.24) is 0 Å². The van der Waals surface area contributed by atoms with Gasteiger partial charge in [-0.1, -0.05) is 6.08 Å². The Morgan fingerprint density at radius 2 is 2.24 bits per heavy atom. The topological polar surface area (TPSA) is 55.5 Å². The van der Waals surface area contributed by atoms with Crippen LogP contribution >= 0.6 is 28.3 Å². The van der Waals surface area contributed by atoms with E-state index < -0.39 is 0 Å². The van der Waals surface area contributed by atoms with Gasteiger partial charge in [0.1, 0.15) is 0 Å². The Balaban J connectivity index is 0.00000256. The van der Waals surface area contributed by atoms with Crippen LogP contribution in [0.3, 0.4) is 0 Å². The van der Waals surface area contributed by atoms with E-state index in [1.165, 1.54) is 0 Å². The van der Waals surface area contributed by atoms with Crippen molar-refractivity contribution >= 4 is 28.3 Å². The normalized spacial score (nSPS) is 11.5. The number of halogens is 2. The van der Waals surface area contributed by atoms with Crippen molar-refractivity contribution in [1.29, 1.82) is 0 Å². The third-order valence-corrected chi connectivity index (χ3v) is 2.80. The van der Waals surface area contributed by atoms with Gasteiger partial charge < -0.3 is 15.6 Å². The average Bonchev–Trinajstić information content (AvgIpc) is 2.25. The summed E-state index contributed by atoms with van der Waals surface area (Å²) < 4.78 is 5.92. The first kappa shape index (κ1) is 16.3. The van der Waals surface area contributed by atoms with Gasteiger partial charge in [0.15, 0.2) is 11.5 Å². The minimum atomic E-state index is -0.131. The molecule has 5 heteroatoms. The minimum absolute atomic E-state index is 0.